The maximum Gasteiger partial charge on any atom is 0.322 e. The standard InChI is InChI=1S/C10H8O3/c11-8-3-1-2-7(6-8)9-4-5-13-10(9)12/h1-6,9,11H. The first-order valence-corrected chi connectivity index (χ1v) is 3.93. The number of hydrogen-bond acceptors (Lipinski definition) is 3. The molecule has 0 bridgehead atoms. The Hall–Kier alpha value is -1.77. The van der Waals surface area contributed by atoms with Crippen LogP contribution >= 0.6 is 0 Å². The van der Waals surface area contributed by atoms with Crippen LogP contribution in [0.1, 0.15) is 11.5 Å². The molecule has 1 aliphatic heterocycles. The number of hydrogen-bond donors (Lipinski definition) is 1. The molecule has 0 saturated carbocycles. The molecule has 0 spiro atoms. The number of cyclic esters (lactones) is 1. The molecule has 1 heterocycles. The number of carbonyl (C=O) groups is 1. The number of aromatic hydroxyl groups is 1. The highest BCUT2D eigenvalue weighted by molar-refractivity contribution is 5.83. The third-order valence-electron chi connectivity index (χ3n) is 1.94. The predicted octanol–water partition coefficient (Wildman–Crippen LogP) is 1.55. The van der Waals surface area contributed by atoms with Gasteiger partial charge in [0, 0.05) is 0 Å². The van der Waals surface area contributed by atoms with Gasteiger partial charge in [-0.25, -0.2) is 0 Å². The first-order valence-electron chi connectivity index (χ1n) is 3.93. The number of carbonyl (C=O) groups excluding carboxylic acids is 1. The number of phenols is 1. The molecule has 3 heteroatoms. The van der Waals surface area contributed by atoms with Crippen LogP contribution in [0.5, 0.6) is 5.75 Å². The Morgan fingerprint density at radius 3 is 2.85 bits per heavy atom. The molecule has 66 valence electrons. The highest BCUT2D eigenvalue weighted by atomic mass is 16.5. The minimum Gasteiger partial charge on any atom is -0.508 e. The van der Waals surface area contributed by atoms with E-state index in [1.165, 1.54) is 6.26 Å². The molecule has 0 amide bonds. The molecule has 13 heavy (non-hydrogen) atoms. The molecule has 1 unspecified atom stereocenters. The van der Waals surface area contributed by atoms with Crippen LogP contribution in [-0.4, -0.2) is 11.1 Å². The summed E-state index contributed by atoms with van der Waals surface area (Å²) < 4.78 is 4.66. The molecule has 0 aliphatic carbocycles. The van der Waals surface area contributed by atoms with Crippen molar-refractivity contribution in [3.05, 3.63) is 42.2 Å². The zero-order valence-electron chi connectivity index (χ0n) is 6.81. The smallest absolute Gasteiger partial charge is 0.322 e. The van der Waals surface area contributed by atoms with Crippen LogP contribution in [0.25, 0.3) is 0 Å². The average Bonchev–Trinajstić information content (AvgIpc) is 2.51. The summed E-state index contributed by atoms with van der Waals surface area (Å²) in [7, 11) is 0. The lowest BCUT2D eigenvalue weighted by molar-refractivity contribution is -0.136. The lowest BCUT2D eigenvalue weighted by atomic mass is 10.0. The molecule has 0 aromatic heterocycles. The fourth-order valence-corrected chi connectivity index (χ4v) is 1.30. The van der Waals surface area contributed by atoms with Gasteiger partial charge in [0.1, 0.15) is 11.7 Å². The van der Waals surface area contributed by atoms with Gasteiger partial charge in [-0.2, -0.15) is 0 Å². The Morgan fingerprint density at radius 1 is 1.38 bits per heavy atom. The topological polar surface area (TPSA) is 46.5 Å². The number of rotatable bonds is 1. The van der Waals surface area contributed by atoms with Gasteiger partial charge in [-0.05, 0) is 23.8 Å². The Morgan fingerprint density at radius 2 is 2.23 bits per heavy atom. The van der Waals surface area contributed by atoms with E-state index in [4.69, 9.17) is 0 Å². The molecule has 0 saturated heterocycles. The Kier molecular flexibility index (Phi) is 1.77. The summed E-state index contributed by atoms with van der Waals surface area (Å²) >= 11 is 0. The molecule has 1 aromatic rings. The van der Waals surface area contributed by atoms with Gasteiger partial charge in [0.2, 0.25) is 0 Å². The average molecular weight is 176 g/mol. The number of esters is 1. The summed E-state index contributed by atoms with van der Waals surface area (Å²) in [5.41, 5.74) is 0.749. The molecule has 1 aliphatic rings. The van der Waals surface area contributed by atoms with E-state index in [1.807, 2.05) is 0 Å². The highest BCUT2D eigenvalue weighted by Crippen LogP contribution is 2.25. The second kappa shape index (κ2) is 2.94. The highest BCUT2D eigenvalue weighted by Gasteiger charge is 2.23. The van der Waals surface area contributed by atoms with Crippen molar-refractivity contribution in [3.8, 4) is 5.75 Å². The van der Waals surface area contributed by atoms with E-state index in [-0.39, 0.29) is 17.6 Å². The summed E-state index contributed by atoms with van der Waals surface area (Å²) in [4.78, 5) is 11.1. The molecule has 1 aromatic carbocycles. The fraction of sp³-hybridized carbons (Fsp3) is 0.100. The van der Waals surface area contributed by atoms with Gasteiger partial charge in [-0.3, -0.25) is 4.79 Å². The molecule has 3 nitrogen and oxygen atoms in total. The summed E-state index contributed by atoms with van der Waals surface area (Å²) in [6.45, 7) is 0. The molecule has 0 radical (unpaired) electrons. The van der Waals surface area contributed by atoms with Crippen molar-refractivity contribution in [2.75, 3.05) is 0 Å². The van der Waals surface area contributed by atoms with E-state index in [1.54, 1.807) is 30.3 Å². The second-order valence-corrected chi connectivity index (χ2v) is 2.84. The Balaban J connectivity index is 2.35. The van der Waals surface area contributed by atoms with Crippen molar-refractivity contribution in [2.45, 2.75) is 5.92 Å². The summed E-state index contributed by atoms with van der Waals surface area (Å²) in [5, 5.41) is 9.18. The lowest BCUT2D eigenvalue weighted by Crippen LogP contribution is -2.05. The van der Waals surface area contributed by atoms with Gasteiger partial charge >= 0.3 is 5.97 Å². The molecular weight excluding hydrogens is 168 g/mol. The molecule has 2 rings (SSSR count). The molecule has 1 atom stereocenters. The number of ether oxygens (including phenoxy) is 1. The number of phenolic OH excluding ortho intramolecular Hbond substituents is 1. The van der Waals surface area contributed by atoms with Crippen LogP contribution in [0.4, 0.5) is 0 Å². The van der Waals surface area contributed by atoms with Gasteiger partial charge in [-0.1, -0.05) is 12.1 Å². The minimum atomic E-state index is -0.368. The lowest BCUT2D eigenvalue weighted by Gasteiger charge is -2.04. The SMILES string of the molecule is O=C1OC=CC1c1cccc(O)c1. The van der Waals surface area contributed by atoms with Crippen molar-refractivity contribution in [1.82, 2.24) is 0 Å². The third-order valence-corrected chi connectivity index (χ3v) is 1.94. The predicted molar refractivity (Wildman–Crippen MR) is 46.1 cm³/mol. The summed E-state index contributed by atoms with van der Waals surface area (Å²) in [6.07, 6.45) is 3.04. The van der Waals surface area contributed by atoms with Crippen molar-refractivity contribution < 1.29 is 14.6 Å². The zero-order chi connectivity index (χ0) is 9.26. The van der Waals surface area contributed by atoms with Crippen molar-refractivity contribution in [3.63, 3.8) is 0 Å². The van der Waals surface area contributed by atoms with E-state index < -0.39 is 0 Å². The third kappa shape index (κ3) is 1.40. The van der Waals surface area contributed by atoms with Crippen molar-refractivity contribution >= 4 is 5.97 Å². The van der Waals surface area contributed by atoms with E-state index in [9.17, 15) is 9.90 Å². The zero-order valence-corrected chi connectivity index (χ0v) is 6.81. The van der Waals surface area contributed by atoms with Crippen molar-refractivity contribution in [2.24, 2.45) is 0 Å². The Bertz CT molecular complexity index is 368. The molecular formula is C10H8O3. The quantitative estimate of drug-likeness (QED) is 0.660. The van der Waals surface area contributed by atoms with Gasteiger partial charge in [-0.15, -0.1) is 0 Å². The summed E-state index contributed by atoms with van der Waals surface area (Å²) in [6, 6.07) is 6.60. The number of benzene rings is 1. The maximum absolute atomic E-state index is 11.1. The van der Waals surface area contributed by atoms with Gasteiger partial charge in [0.15, 0.2) is 0 Å². The molecule has 1 N–H and O–H groups in total. The van der Waals surface area contributed by atoms with Crippen LogP contribution in [0.3, 0.4) is 0 Å². The van der Waals surface area contributed by atoms with Gasteiger partial charge in [0.25, 0.3) is 0 Å². The Labute approximate surface area is 75.3 Å². The van der Waals surface area contributed by atoms with Crippen LogP contribution < -0.4 is 0 Å². The van der Waals surface area contributed by atoms with E-state index in [0.717, 1.165) is 5.56 Å². The fourth-order valence-electron chi connectivity index (χ4n) is 1.30. The van der Waals surface area contributed by atoms with E-state index >= 15 is 0 Å². The van der Waals surface area contributed by atoms with Crippen molar-refractivity contribution in [1.29, 1.82) is 0 Å². The summed E-state index contributed by atoms with van der Waals surface area (Å²) in [5.74, 6) is -0.511. The van der Waals surface area contributed by atoms with Crippen LogP contribution in [0.2, 0.25) is 0 Å². The van der Waals surface area contributed by atoms with Crippen LogP contribution in [-0.2, 0) is 9.53 Å². The first-order chi connectivity index (χ1) is 6.27. The normalized spacial score (nSPS) is 20.3. The van der Waals surface area contributed by atoms with Gasteiger partial charge < -0.3 is 9.84 Å². The van der Waals surface area contributed by atoms with Crippen LogP contribution in [0, 0.1) is 0 Å². The first kappa shape index (κ1) is 7.86. The van der Waals surface area contributed by atoms with E-state index in [2.05, 4.69) is 4.74 Å². The molecule has 0 fully saturated rings. The van der Waals surface area contributed by atoms with Crippen LogP contribution in [0.15, 0.2) is 36.6 Å². The minimum absolute atomic E-state index is 0.158. The largest absolute Gasteiger partial charge is 0.508 e. The maximum atomic E-state index is 11.1. The van der Waals surface area contributed by atoms with Gasteiger partial charge in [0.05, 0.1) is 6.26 Å². The second-order valence-electron chi connectivity index (χ2n) is 2.84. The van der Waals surface area contributed by atoms with E-state index in [0.29, 0.717) is 0 Å². The monoisotopic (exact) mass is 176 g/mol.